The summed E-state index contributed by atoms with van der Waals surface area (Å²) in [5, 5.41) is 0. The van der Waals surface area contributed by atoms with Crippen LogP contribution in [-0.4, -0.2) is 5.78 Å². The van der Waals surface area contributed by atoms with Gasteiger partial charge in [-0.05, 0) is 25.8 Å². The summed E-state index contributed by atoms with van der Waals surface area (Å²) < 4.78 is 0. The van der Waals surface area contributed by atoms with Crippen molar-refractivity contribution in [2.24, 2.45) is 5.92 Å². The number of thiophene rings is 1. The Bertz CT molecular complexity index is 372. The van der Waals surface area contributed by atoms with Crippen LogP contribution in [0.25, 0.3) is 0 Å². The van der Waals surface area contributed by atoms with Gasteiger partial charge in [-0.25, -0.2) is 0 Å². The number of carbonyl (C=O) groups excluding carboxylic acids is 1. The molecule has 0 aliphatic heterocycles. The molecule has 0 amide bonds. The minimum absolute atomic E-state index is 0.369. The molecule has 0 radical (unpaired) electrons. The van der Waals surface area contributed by atoms with Crippen LogP contribution < -0.4 is 0 Å². The third-order valence-electron chi connectivity index (χ3n) is 3.54. The molecule has 16 heavy (non-hydrogen) atoms. The van der Waals surface area contributed by atoms with E-state index in [-0.39, 0.29) is 0 Å². The molecule has 1 aromatic rings. The highest BCUT2D eigenvalue weighted by Crippen LogP contribution is 2.29. The van der Waals surface area contributed by atoms with E-state index in [1.54, 1.807) is 11.3 Å². The summed E-state index contributed by atoms with van der Waals surface area (Å²) in [6.45, 7) is 4.14. The molecule has 0 aromatic carbocycles. The zero-order valence-corrected chi connectivity index (χ0v) is 11.0. The maximum Gasteiger partial charge on any atom is 0.164 e. The molecule has 2 heteroatoms. The second-order valence-electron chi connectivity index (χ2n) is 4.96. The fourth-order valence-electron chi connectivity index (χ4n) is 2.67. The van der Waals surface area contributed by atoms with Gasteiger partial charge in [-0.15, -0.1) is 11.3 Å². The number of hydrogen-bond donors (Lipinski definition) is 0. The highest BCUT2D eigenvalue weighted by Gasteiger charge is 2.19. The van der Waals surface area contributed by atoms with E-state index < -0.39 is 0 Å². The lowest BCUT2D eigenvalue weighted by Crippen LogP contribution is -2.12. The number of Topliss-reactive ketones (excluding diaryl/α,β-unsaturated/α-hetero) is 1. The molecule has 1 aliphatic carbocycles. The van der Waals surface area contributed by atoms with E-state index >= 15 is 0 Å². The molecule has 0 atom stereocenters. The van der Waals surface area contributed by atoms with Gasteiger partial charge in [0.15, 0.2) is 5.78 Å². The Kier molecular flexibility index (Phi) is 3.80. The van der Waals surface area contributed by atoms with Crippen molar-refractivity contribution in [2.75, 3.05) is 0 Å². The van der Waals surface area contributed by atoms with Gasteiger partial charge in [0.2, 0.25) is 0 Å². The quantitative estimate of drug-likeness (QED) is 0.705. The summed E-state index contributed by atoms with van der Waals surface area (Å²) >= 11 is 1.74. The molecular weight excluding hydrogens is 216 g/mol. The van der Waals surface area contributed by atoms with Gasteiger partial charge in [-0.2, -0.15) is 0 Å². The van der Waals surface area contributed by atoms with Gasteiger partial charge in [-0.1, -0.05) is 32.1 Å². The van der Waals surface area contributed by atoms with Crippen LogP contribution in [0.2, 0.25) is 0 Å². The Morgan fingerprint density at radius 1 is 1.31 bits per heavy atom. The summed E-state index contributed by atoms with van der Waals surface area (Å²) in [6.07, 6.45) is 7.29. The minimum Gasteiger partial charge on any atom is -0.294 e. The lowest BCUT2D eigenvalue weighted by Gasteiger charge is -2.20. The molecule has 1 aromatic heterocycles. The monoisotopic (exact) mass is 236 g/mol. The number of rotatable bonds is 3. The number of carbonyl (C=O) groups is 1. The van der Waals surface area contributed by atoms with E-state index in [0.29, 0.717) is 11.7 Å². The maximum atomic E-state index is 12.2. The zero-order chi connectivity index (χ0) is 11.5. The van der Waals surface area contributed by atoms with Crippen LogP contribution >= 0.6 is 11.3 Å². The first-order valence-corrected chi connectivity index (χ1v) is 7.08. The zero-order valence-electron chi connectivity index (χ0n) is 10.2. The molecule has 88 valence electrons. The third kappa shape index (κ3) is 2.73. The Balaban J connectivity index is 1.99. The van der Waals surface area contributed by atoms with Crippen LogP contribution in [0.4, 0.5) is 0 Å². The van der Waals surface area contributed by atoms with Crippen LogP contribution in [0.1, 0.15) is 58.6 Å². The molecule has 0 saturated heterocycles. The fraction of sp³-hybridized carbons (Fsp3) is 0.643. The summed E-state index contributed by atoms with van der Waals surface area (Å²) in [5.41, 5.74) is 0.980. The smallest absolute Gasteiger partial charge is 0.164 e. The average Bonchev–Trinajstić information content (AvgIpc) is 2.59. The van der Waals surface area contributed by atoms with Gasteiger partial charge >= 0.3 is 0 Å². The van der Waals surface area contributed by atoms with Crippen molar-refractivity contribution >= 4 is 17.1 Å². The van der Waals surface area contributed by atoms with Crippen LogP contribution in [0.15, 0.2) is 6.07 Å². The van der Waals surface area contributed by atoms with Gasteiger partial charge in [0, 0.05) is 21.7 Å². The summed E-state index contributed by atoms with van der Waals surface area (Å²) in [4.78, 5) is 14.6. The topological polar surface area (TPSA) is 17.1 Å². The standard InChI is InChI=1S/C14H20OS/c1-10-8-13(11(2)16-10)14(15)9-12-6-4-3-5-7-12/h8,12H,3-7,9H2,1-2H3. The van der Waals surface area contributed by atoms with E-state index in [2.05, 4.69) is 19.9 Å². The Labute approximate surface area is 102 Å². The number of aryl methyl sites for hydroxylation is 2. The Hall–Kier alpha value is -0.630. The number of hydrogen-bond acceptors (Lipinski definition) is 2. The lowest BCUT2D eigenvalue weighted by atomic mass is 9.85. The number of ketones is 1. The molecule has 0 bridgehead atoms. The minimum atomic E-state index is 0.369. The summed E-state index contributed by atoms with van der Waals surface area (Å²) in [7, 11) is 0. The second-order valence-corrected chi connectivity index (χ2v) is 6.42. The van der Waals surface area contributed by atoms with E-state index in [9.17, 15) is 4.79 Å². The van der Waals surface area contributed by atoms with Gasteiger partial charge in [0.25, 0.3) is 0 Å². The van der Waals surface area contributed by atoms with Crippen molar-refractivity contribution in [3.05, 3.63) is 21.4 Å². The van der Waals surface area contributed by atoms with Crippen molar-refractivity contribution in [1.82, 2.24) is 0 Å². The third-order valence-corrected chi connectivity index (χ3v) is 4.51. The van der Waals surface area contributed by atoms with Gasteiger partial charge in [-0.3, -0.25) is 4.79 Å². The maximum absolute atomic E-state index is 12.2. The molecule has 1 aliphatic rings. The highest BCUT2D eigenvalue weighted by molar-refractivity contribution is 7.12. The molecule has 2 rings (SSSR count). The van der Waals surface area contributed by atoms with E-state index in [0.717, 1.165) is 12.0 Å². The van der Waals surface area contributed by atoms with Crippen LogP contribution in [0, 0.1) is 19.8 Å². The first kappa shape index (κ1) is 11.8. The Morgan fingerprint density at radius 2 is 2.00 bits per heavy atom. The van der Waals surface area contributed by atoms with Crippen LogP contribution in [-0.2, 0) is 0 Å². The molecule has 1 fully saturated rings. The van der Waals surface area contributed by atoms with E-state index in [1.807, 2.05) is 0 Å². The fourth-order valence-corrected chi connectivity index (χ4v) is 3.61. The van der Waals surface area contributed by atoms with Crippen molar-refractivity contribution in [3.8, 4) is 0 Å². The lowest BCUT2D eigenvalue weighted by molar-refractivity contribution is 0.0950. The van der Waals surface area contributed by atoms with Gasteiger partial charge in [0.1, 0.15) is 0 Å². The predicted molar refractivity (Wildman–Crippen MR) is 69.3 cm³/mol. The van der Waals surface area contributed by atoms with Crippen LogP contribution in [0.3, 0.4) is 0 Å². The first-order valence-electron chi connectivity index (χ1n) is 6.27. The molecule has 0 N–H and O–H groups in total. The second kappa shape index (κ2) is 5.13. The Morgan fingerprint density at radius 3 is 2.56 bits per heavy atom. The molecule has 1 saturated carbocycles. The molecule has 1 heterocycles. The summed E-state index contributed by atoms with van der Waals surface area (Å²) in [6, 6.07) is 2.06. The highest BCUT2D eigenvalue weighted by atomic mass is 32.1. The first-order chi connectivity index (χ1) is 7.66. The van der Waals surface area contributed by atoms with Crippen molar-refractivity contribution in [2.45, 2.75) is 52.4 Å². The SMILES string of the molecule is Cc1cc(C(=O)CC2CCCCC2)c(C)s1. The molecule has 1 nitrogen and oxygen atoms in total. The molecule has 0 spiro atoms. The van der Waals surface area contributed by atoms with Gasteiger partial charge in [0.05, 0.1) is 0 Å². The predicted octanol–water partition coefficient (Wildman–Crippen LogP) is 4.52. The average molecular weight is 236 g/mol. The molecular formula is C14H20OS. The molecule has 0 unspecified atom stereocenters. The summed E-state index contributed by atoms with van der Waals surface area (Å²) in [5.74, 6) is 1.02. The van der Waals surface area contributed by atoms with Crippen molar-refractivity contribution in [1.29, 1.82) is 0 Å². The van der Waals surface area contributed by atoms with E-state index in [4.69, 9.17) is 0 Å². The normalized spacial score (nSPS) is 17.6. The van der Waals surface area contributed by atoms with Crippen molar-refractivity contribution in [3.63, 3.8) is 0 Å². The van der Waals surface area contributed by atoms with Crippen molar-refractivity contribution < 1.29 is 4.79 Å². The largest absolute Gasteiger partial charge is 0.294 e. The van der Waals surface area contributed by atoms with E-state index in [1.165, 1.54) is 41.9 Å². The van der Waals surface area contributed by atoms with Crippen LogP contribution in [0.5, 0.6) is 0 Å². The van der Waals surface area contributed by atoms with Gasteiger partial charge < -0.3 is 0 Å².